The van der Waals surface area contributed by atoms with Crippen molar-refractivity contribution in [3.05, 3.63) is 60.2 Å². The van der Waals surface area contributed by atoms with Gasteiger partial charge >= 0.3 is 0 Å². The molecule has 1 saturated heterocycles. The summed E-state index contributed by atoms with van der Waals surface area (Å²) in [7, 11) is 7.72. The smallest absolute Gasteiger partial charge is 0.237 e. The maximum atomic E-state index is 13.8. The maximum absolute atomic E-state index is 13.8. The molecule has 1 aliphatic rings. The van der Waals surface area contributed by atoms with Crippen molar-refractivity contribution in [3.8, 4) is 34.5 Å². The molecular weight excluding hydrogens is 590 g/mol. The van der Waals surface area contributed by atoms with Crippen LogP contribution in [0.15, 0.2) is 54.6 Å². The SMILES string of the molecule is COc1ccc(N2CCN(C(=S)SCC(=O)N(Cc3ccc(OC)c(O)c3)c3cc(OC)c(OC)c(OC)c3)CC2)cc1. The number of carbonyl (C=O) groups excluding carboxylic acids is 1. The Balaban J connectivity index is 1.47. The molecule has 1 N–H and O–H groups in total. The van der Waals surface area contributed by atoms with Crippen molar-refractivity contribution in [3.63, 3.8) is 0 Å². The highest BCUT2D eigenvalue weighted by molar-refractivity contribution is 8.23. The van der Waals surface area contributed by atoms with Gasteiger partial charge in [0.2, 0.25) is 11.7 Å². The first-order valence-corrected chi connectivity index (χ1v) is 15.0. The summed E-state index contributed by atoms with van der Waals surface area (Å²) in [6.45, 7) is 3.34. The largest absolute Gasteiger partial charge is 0.504 e. The summed E-state index contributed by atoms with van der Waals surface area (Å²) in [4.78, 5) is 19.9. The minimum atomic E-state index is -0.172. The fraction of sp³-hybridized carbons (Fsp3) is 0.355. The zero-order valence-electron chi connectivity index (χ0n) is 25.0. The highest BCUT2D eigenvalue weighted by Gasteiger charge is 2.25. The van der Waals surface area contributed by atoms with Crippen LogP contribution in [-0.2, 0) is 11.3 Å². The molecule has 12 heteroatoms. The lowest BCUT2D eigenvalue weighted by Gasteiger charge is -2.37. The molecule has 230 valence electrons. The van der Waals surface area contributed by atoms with Crippen molar-refractivity contribution in [2.75, 3.05) is 77.3 Å². The van der Waals surface area contributed by atoms with Crippen molar-refractivity contribution < 1.29 is 33.6 Å². The van der Waals surface area contributed by atoms with Crippen molar-refractivity contribution >= 4 is 45.6 Å². The fourth-order valence-electron chi connectivity index (χ4n) is 4.80. The normalized spacial score (nSPS) is 12.9. The Kier molecular flexibility index (Phi) is 11.1. The molecule has 1 amide bonds. The number of methoxy groups -OCH3 is 5. The first-order valence-electron chi connectivity index (χ1n) is 13.6. The second kappa shape index (κ2) is 14.9. The first kappa shape index (κ1) is 31.9. The van der Waals surface area contributed by atoms with Crippen LogP contribution in [-0.4, -0.2) is 87.7 Å². The number of amides is 1. The van der Waals surface area contributed by atoms with E-state index in [4.69, 9.17) is 35.9 Å². The Bertz CT molecular complexity index is 1390. The molecule has 0 aromatic heterocycles. The lowest BCUT2D eigenvalue weighted by molar-refractivity contribution is -0.116. The summed E-state index contributed by atoms with van der Waals surface area (Å²) >= 11 is 7.09. The lowest BCUT2D eigenvalue weighted by atomic mass is 10.1. The van der Waals surface area contributed by atoms with E-state index in [1.807, 2.05) is 12.1 Å². The van der Waals surface area contributed by atoms with Gasteiger partial charge in [-0.05, 0) is 42.0 Å². The van der Waals surface area contributed by atoms with Gasteiger partial charge in [-0.2, -0.15) is 0 Å². The Morgan fingerprint density at radius 3 is 2.00 bits per heavy atom. The standard InChI is InChI=1S/C31H37N3O7S2/c1-37-24-9-7-22(8-10-24)32-12-14-33(15-13-32)31(42)43-20-29(36)34(19-21-6-11-26(38-2)25(35)16-21)23-17-27(39-3)30(41-5)28(18-23)40-4/h6-11,16-18,35H,12-15,19-20H2,1-5H3. The van der Waals surface area contributed by atoms with Crippen LogP contribution in [0.5, 0.6) is 34.5 Å². The quantitative estimate of drug-likeness (QED) is 0.297. The van der Waals surface area contributed by atoms with Gasteiger partial charge in [0.05, 0.1) is 53.5 Å². The van der Waals surface area contributed by atoms with E-state index >= 15 is 0 Å². The summed E-state index contributed by atoms with van der Waals surface area (Å²) in [5.74, 6) is 2.38. The number of thiocarbonyl (C=S) groups is 1. The molecule has 0 atom stereocenters. The summed E-state index contributed by atoms with van der Waals surface area (Å²) in [6, 6.07) is 16.5. The minimum Gasteiger partial charge on any atom is -0.504 e. The van der Waals surface area contributed by atoms with E-state index in [2.05, 4.69) is 21.9 Å². The summed E-state index contributed by atoms with van der Waals surface area (Å²) in [5, 5.41) is 10.4. The van der Waals surface area contributed by atoms with E-state index in [9.17, 15) is 9.90 Å². The number of carbonyl (C=O) groups is 1. The Morgan fingerprint density at radius 1 is 0.837 bits per heavy atom. The number of ether oxygens (including phenoxy) is 5. The lowest BCUT2D eigenvalue weighted by Crippen LogP contribution is -2.47. The molecule has 1 heterocycles. The molecule has 0 spiro atoms. The van der Waals surface area contributed by atoms with Crippen LogP contribution in [0.2, 0.25) is 0 Å². The van der Waals surface area contributed by atoms with Crippen LogP contribution < -0.4 is 33.5 Å². The number of piperazine rings is 1. The van der Waals surface area contributed by atoms with E-state index in [1.165, 1.54) is 40.2 Å². The number of aromatic hydroxyl groups is 1. The number of phenolic OH excluding ortho intramolecular Hbond substituents is 1. The molecular formula is C31H37N3O7S2. The molecule has 43 heavy (non-hydrogen) atoms. The molecule has 1 aliphatic heterocycles. The van der Waals surface area contributed by atoms with Crippen molar-refractivity contribution in [1.82, 2.24) is 4.90 Å². The van der Waals surface area contributed by atoms with Crippen molar-refractivity contribution in [2.45, 2.75) is 6.54 Å². The fourth-order valence-corrected chi connectivity index (χ4v) is 5.92. The third kappa shape index (κ3) is 7.68. The Labute approximate surface area is 262 Å². The van der Waals surface area contributed by atoms with Gasteiger partial charge in [0.1, 0.15) is 10.1 Å². The number of thioether (sulfide) groups is 1. The average molecular weight is 628 g/mol. The maximum Gasteiger partial charge on any atom is 0.237 e. The van der Waals surface area contributed by atoms with Gasteiger partial charge in [0.25, 0.3) is 0 Å². The minimum absolute atomic E-state index is 0.0124. The summed E-state index contributed by atoms with van der Waals surface area (Å²) < 4.78 is 27.7. The van der Waals surface area contributed by atoms with Gasteiger partial charge in [-0.1, -0.05) is 30.0 Å². The number of phenols is 1. The molecule has 0 saturated carbocycles. The zero-order valence-corrected chi connectivity index (χ0v) is 26.6. The zero-order chi connectivity index (χ0) is 30.9. The molecule has 4 rings (SSSR count). The number of hydrogen-bond donors (Lipinski definition) is 1. The topological polar surface area (TPSA) is 93.2 Å². The third-order valence-electron chi connectivity index (χ3n) is 7.14. The second-order valence-corrected chi connectivity index (χ2v) is 11.2. The van der Waals surface area contributed by atoms with Gasteiger partial charge in [0.15, 0.2) is 23.0 Å². The second-order valence-electron chi connectivity index (χ2n) is 9.60. The van der Waals surface area contributed by atoms with E-state index in [0.29, 0.717) is 38.6 Å². The van der Waals surface area contributed by atoms with Crippen LogP contribution >= 0.6 is 24.0 Å². The highest BCUT2D eigenvalue weighted by atomic mass is 32.2. The van der Waals surface area contributed by atoms with Crippen molar-refractivity contribution in [1.29, 1.82) is 0 Å². The van der Waals surface area contributed by atoms with Gasteiger partial charge < -0.3 is 43.5 Å². The molecule has 3 aromatic rings. The van der Waals surface area contributed by atoms with Gasteiger partial charge in [0, 0.05) is 44.0 Å². The number of hydrogen-bond acceptors (Lipinski definition) is 10. The van der Waals surface area contributed by atoms with Crippen LogP contribution in [0, 0.1) is 0 Å². The van der Waals surface area contributed by atoms with E-state index in [0.717, 1.165) is 37.6 Å². The number of benzene rings is 3. The van der Waals surface area contributed by atoms with Gasteiger partial charge in [-0.15, -0.1) is 0 Å². The van der Waals surface area contributed by atoms with Crippen LogP contribution in [0.25, 0.3) is 0 Å². The molecule has 0 aliphatic carbocycles. The third-order valence-corrected chi connectivity index (χ3v) is 8.65. The van der Waals surface area contributed by atoms with Crippen LogP contribution in [0.3, 0.4) is 0 Å². The number of anilines is 2. The molecule has 10 nitrogen and oxygen atoms in total. The van der Waals surface area contributed by atoms with E-state index < -0.39 is 0 Å². The summed E-state index contributed by atoms with van der Waals surface area (Å²) in [6.07, 6.45) is 0. The van der Waals surface area contributed by atoms with Crippen LogP contribution in [0.4, 0.5) is 11.4 Å². The predicted molar refractivity (Wildman–Crippen MR) is 174 cm³/mol. The van der Waals surface area contributed by atoms with Gasteiger partial charge in [-0.3, -0.25) is 4.79 Å². The van der Waals surface area contributed by atoms with Gasteiger partial charge in [-0.25, -0.2) is 0 Å². The van der Waals surface area contributed by atoms with Crippen LogP contribution in [0.1, 0.15) is 5.56 Å². The first-order chi connectivity index (χ1) is 20.8. The number of nitrogens with zero attached hydrogens (tertiary/aromatic N) is 3. The number of rotatable bonds is 11. The monoisotopic (exact) mass is 627 g/mol. The van der Waals surface area contributed by atoms with Crippen molar-refractivity contribution in [2.24, 2.45) is 0 Å². The molecule has 3 aromatic carbocycles. The molecule has 0 bridgehead atoms. The van der Waals surface area contributed by atoms with E-state index in [1.54, 1.807) is 42.3 Å². The highest BCUT2D eigenvalue weighted by Crippen LogP contribution is 2.41. The molecule has 0 radical (unpaired) electrons. The predicted octanol–water partition coefficient (Wildman–Crippen LogP) is 4.81. The Hall–Kier alpha value is -4.03. The molecule has 0 unspecified atom stereocenters. The average Bonchev–Trinajstić information content (AvgIpc) is 3.05. The van der Waals surface area contributed by atoms with E-state index in [-0.39, 0.29) is 24.0 Å². The molecule has 1 fully saturated rings. The summed E-state index contributed by atoms with van der Waals surface area (Å²) in [5.41, 5.74) is 2.40. The Morgan fingerprint density at radius 2 is 1.47 bits per heavy atom.